The largest absolute Gasteiger partial charge is 0.390 e. The molecule has 0 amide bonds. The van der Waals surface area contributed by atoms with Crippen LogP contribution in [0.15, 0.2) is 0 Å². The van der Waals surface area contributed by atoms with Crippen LogP contribution >= 0.6 is 0 Å². The van der Waals surface area contributed by atoms with Crippen LogP contribution in [0.4, 0.5) is 0 Å². The molecular formula is C27H44O4. The number of hydrogen-bond donors (Lipinski definition) is 2. The Bertz CT molecular complexity index is 716. The summed E-state index contributed by atoms with van der Waals surface area (Å²) in [6, 6.07) is 0. The van der Waals surface area contributed by atoms with Crippen molar-refractivity contribution in [3.05, 3.63) is 0 Å². The van der Waals surface area contributed by atoms with Gasteiger partial charge in [0.1, 0.15) is 0 Å². The second-order valence-corrected chi connectivity index (χ2v) is 13.2. The van der Waals surface area contributed by atoms with Crippen LogP contribution in [0.3, 0.4) is 0 Å². The molecule has 2 saturated heterocycles. The first-order valence-electron chi connectivity index (χ1n) is 13.4. The lowest BCUT2D eigenvalue weighted by molar-refractivity contribution is -0.273. The molecule has 4 aliphatic carbocycles. The van der Waals surface area contributed by atoms with Gasteiger partial charge in [0.15, 0.2) is 5.79 Å². The first-order chi connectivity index (χ1) is 14.7. The van der Waals surface area contributed by atoms with Crippen molar-refractivity contribution in [3.63, 3.8) is 0 Å². The van der Waals surface area contributed by atoms with E-state index in [-0.39, 0.29) is 11.2 Å². The molecule has 0 radical (unpaired) electrons. The molecule has 0 aromatic heterocycles. The van der Waals surface area contributed by atoms with Crippen LogP contribution in [0, 0.1) is 52.3 Å². The zero-order valence-electron chi connectivity index (χ0n) is 20.1. The van der Waals surface area contributed by atoms with E-state index in [9.17, 15) is 10.2 Å². The molecule has 6 rings (SSSR count). The molecule has 13 atom stereocenters. The fraction of sp³-hybridized carbons (Fsp3) is 1.00. The third kappa shape index (κ3) is 2.80. The number of hydrogen-bond acceptors (Lipinski definition) is 4. The molecule has 2 N–H and O–H groups in total. The maximum atomic E-state index is 10.6. The van der Waals surface area contributed by atoms with Gasteiger partial charge in [0.2, 0.25) is 0 Å². The number of rotatable bonds is 0. The molecule has 6 aliphatic rings. The first-order valence-corrected chi connectivity index (χ1v) is 13.4. The Hall–Kier alpha value is -0.160. The summed E-state index contributed by atoms with van der Waals surface area (Å²) < 4.78 is 13.3. The number of aliphatic hydroxyl groups is 2. The van der Waals surface area contributed by atoms with Gasteiger partial charge in [-0.25, -0.2) is 0 Å². The van der Waals surface area contributed by atoms with Gasteiger partial charge < -0.3 is 19.7 Å². The third-order valence-electron chi connectivity index (χ3n) is 12.0. The minimum absolute atomic E-state index is 0.191. The van der Waals surface area contributed by atoms with Gasteiger partial charge in [-0.2, -0.15) is 0 Å². The predicted octanol–water partition coefficient (Wildman–Crippen LogP) is 4.76. The molecule has 4 nitrogen and oxygen atoms in total. The topological polar surface area (TPSA) is 58.9 Å². The maximum absolute atomic E-state index is 10.6. The Labute approximate surface area is 188 Å². The van der Waals surface area contributed by atoms with E-state index >= 15 is 0 Å². The fourth-order valence-corrected chi connectivity index (χ4v) is 10.3. The normalized spacial score (nSPS) is 63.3. The van der Waals surface area contributed by atoms with Crippen molar-refractivity contribution < 1.29 is 19.7 Å². The van der Waals surface area contributed by atoms with E-state index in [1.165, 1.54) is 38.5 Å². The van der Waals surface area contributed by atoms with E-state index in [0.717, 1.165) is 37.7 Å². The number of aliphatic hydroxyl groups excluding tert-OH is 2. The van der Waals surface area contributed by atoms with Gasteiger partial charge in [-0.1, -0.05) is 27.7 Å². The van der Waals surface area contributed by atoms with Gasteiger partial charge in [0, 0.05) is 12.3 Å². The highest BCUT2D eigenvalue weighted by Gasteiger charge is 2.69. The molecule has 31 heavy (non-hydrogen) atoms. The van der Waals surface area contributed by atoms with Crippen LogP contribution in [0.2, 0.25) is 0 Å². The average Bonchev–Trinajstić information content (AvgIpc) is 3.16. The molecular weight excluding hydrogens is 388 g/mol. The molecule has 0 bridgehead atoms. The van der Waals surface area contributed by atoms with Gasteiger partial charge >= 0.3 is 0 Å². The molecule has 2 aliphatic heterocycles. The lowest BCUT2D eigenvalue weighted by atomic mass is 9.44. The van der Waals surface area contributed by atoms with Crippen LogP contribution in [-0.4, -0.2) is 40.9 Å². The number of fused-ring (bicyclic) bond motifs is 7. The molecule has 4 saturated carbocycles. The minimum Gasteiger partial charge on any atom is -0.390 e. The van der Waals surface area contributed by atoms with Crippen molar-refractivity contribution in [1.82, 2.24) is 0 Å². The van der Waals surface area contributed by atoms with Crippen LogP contribution in [0.5, 0.6) is 0 Å². The van der Waals surface area contributed by atoms with Crippen molar-refractivity contribution >= 4 is 0 Å². The van der Waals surface area contributed by atoms with Crippen molar-refractivity contribution in [2.24, 2.45) is 52.3 Å². The van der Waals surface area contributed by atoms with Crippen molar-refractivity contribution in [2.75, 3.05) is 6.61 Å². The van der Waals surface area contributed by atoms with E-state index in [4.69, 9.17) is 9.47 Å². The van der Waals surface area contributed by atoms with Crippen LogP contribution in [0.25, 0.3) is 0 Å². The van der Waals surface area contributed by atoms with E-state index in [2.05, 4.69) is 27.7 Å². The van der Waals surface area contributed by atoms with Gasteiger partial charge in [-0.05, 0) is 97.7 Å². The van der Waals surface area contributed by atoms with Crippen LogP contribution in [0.1, 0.15) is 85.5 Å². The molecule has 6 unspecified atom stereocenters. The SMILES string of the molecule is CC1CCC2(OC1)O[C@H]1CC3C4CC[C@H]5C[C@@H](O)[C@H](O)C[C@]5(C)C4CC[C@]3(C)C1[C@@H]2C. The summed E-state index contributed by atoms with van der Waals surface area (Å²) >= 11 is 0. The fourth-order valence-electron chi connectivity index (χ4n) is 10.3. The quantitative estimate of drug-likeness (QED) is 0.579. The van der Waals surface area contributed by atoms with E-state index in [1.54, 1.807) is 0 Å². The Kier molecular flexibility index (Phi) is 4.78. The molecule has 4 heteroatoms. The van der Waals surface area contributed by atoms with Gasteiger partial charge in [-0.15, -0.1) is 0 Å². The standard InChI is InChI=1S/C27H44O4/c1-15-7-10-27(30-14-15)16(2)24-23(31-27)12-20-18-6-5-17-11-21(28)22(29)13-26(17,4)19(18)8-9-25(20,24)3/h15-24,28-29H,5-14H2,1-4H3/t15?,16-,17-,18?,19?,20?,21+,22+,23-,24?,25-,26-,27?/m0/s1. The second kappa shape index (κ2) is 6.93. The zero-order valence-corrected chi connectivity index (χ0v) is 20.1. The summed E-state index contributed by atoms with van der Waals surface area (Å²) in [5, 5.41) is 20.9. The maximum Gasteiger partial charge on any atom is 0.171 e. The van der Waals surface area contributed by atoms with Gasteiger partial charge in [0.25, 0.3) is 0 Å². The number of ether oxygens (including phenoxy) is 2. The summed E-state index contributed by atoms with van der Waals surface area (Å²) in [5.74, 6) is 4.21. The highest BCUT2D eigenvalue weighted by atomic mass is 16.7. The second-order valence-electron chi connectivity index (χ2n) is 13.2. The van der Waals surface area contributed by atoms with E-state index in [0.29, 0.717) is 41.1 Å². The smallest absolute Gasteiger partial charge is 0.171 e. The van der Waals surface area contributed by atoms with Crippen LogP contribution in [-0.2, 0) is 9.47 Å². The summed E-state index contributed by atoms with van der Waals surface area (Å²) in [7, 11) is 0. The van der Waals surface area contributed by atoms with Crippen molar-refractivity contribution in [1.29, 1.82) is 0 Å². The third-order valence-corrected chi connectivity index (χ3v) is 12.0. The van der Waals surface area contributed by atoms with Gasteiger partial charge in [0.05, 0.1) is 24.9 Å². The molecule has 0 aromatic rings. The first kappa shape index (κ1) is 21.4. The van der Waals surface area contributed by atoms with E-state index < -0.39 is 12.2 Å². The summed E-state index contributed by atoms with van der Waals surface area (Å²) in [6.07, 6.45) is 9.51. The van der Waals surface area contributed by atoms with Crippen molar-refractivity contribution in [2.45, 2.75) is 110 Å². The summed E-state index contributed by atoms with van der Waals surface area (Å²) in [6.45, 7) is 10.6. The Morgan fingerprint density at radius 3 is 2.39 bits per heavy atom. The molecule has 6 fully saturated rings. The molecule has 2 heterocycles. The highest BCUT2D eigenvalue weighted by Crippen LogP contribution is 2.71. The van der Waals surface area contributed by atoms with E-state index in [1.807, 2.05) is 0 Å². The Morgan fingerprint density at radius 1 is 0.839 bits per heavy atom. The minimum atomic E-state index is -0.537. The monoisotopic (exact) mass is 432 g/mol. The molecule has 0 aromatic carbocycles. The Balaban J connectivity index is 1.26. The predicted molar refractivity (Wildman–Crippen MR) is 119 cm³/mol. The zero-order chi connectivity index (χ0) is 21.8. The lowest BCUT2D eigenvalue weighted by Gasteiger charge is -2.61. The summed E-state index contributed by atoms with van der Waals surface area (Å²) in [5.41, 5.74) is 0.550. The van der Waals surface area contributed by atoms with Gasteiger partial charge in [-0.3, -0.25) is 0 Å². The molecule has 176 valence electrons. The lowest BCUT2D eigenvalue weighted by Crippen LogP contribution is -2.57. The summed E-state index contributed by atoms with van der Waals surface area (Å²) in [4.78, 5) is 0. The molecule has 1 spiro atoms. The van der Waals surface area contributed by atoms with Crippen LogP contribution < -0.4 is 0 Å². The highest BCUT2D eigenvalue weighted by molar-refractivity contribution is 5.15. The Morgan fingerprint density at radius 2 is 1.65 bits per heavy atom. The van der Waals surface area contributed by atoms with Crippen molar-refractivity contribution in [3.8, 4) is 0 Å². The average molecular weight is 433 g/mol.